The molecule has 4 rings (SSSR count). The van der Waals surface area contributed by atoms with Crippen LogP contribution in [0, 0.1) is 12.3 Å². The number of piperidine rings is 2. The second kappa shape index (κ2) is 6.96. The Balaban J connectivity index is 1.28. The standard InChI is InChI=1S/C20H26N2O2S/c1-16-2-3-18(24-16)14-21-9-5-20(6-10-21)7-11-22(12-8-20)19(23)17-4-13-25-15-17/h2-4,13,15H,5-12,14H2,1H3. The van der Waals surface area contributed by atoms with Crippen molar-refractivity contribution in [2.24, 2.45) is 5.41 Å². The van der Waals surface area contributed by atoms with Gasteiger partial charge >= 0.3 is 0 Å². The second-order valence-electron chi connectivity index (χ2n) is 7.59. The molecule has 2 saturated heterocycles. The molecular formula is C20H26N2O2S. The van der Waals surface area contributed by atoms with Crippen molar-refractivity contribution in [1.82, 2.24) is 9.80 Å². The number of rotatable bonds is 3. The molecule has 2 aliphatic rings. The fourth-order valence-corrected chi connectivity index (χ4v) is 4.86. The first-order chi connectivity index (χ1) is 12.1. The van der Waals surface area contributed by atoms with E-state index in [1.54, 1.807) is 11.3 Å². The van der Waals surface area contributed by atoms with E-state index in [4.69, 9.17) is 4.42 Å². The summed E-state index contributed by atoms with van der Waals surface area (Å²) in [5.41, 5.74) is 1.30. The third-order valence-corrected chi connectivity index (χ3v) is 6.65. The zero-order valence-corrected chi connectivity index (χ0v) is 15.7. The maximum atomic E-state index is 12.5. The predicted molar refractivity (Wildman–Crippen MR) is 99.8 cm³/mol. The minimum Gasteiger partial charge on any atom is -0.465 e. The lowest BCUT2D eigenvalue weighted by Crippen LogP contribution is -2.48. The third kappa shape index (κ3) is 3.67. The van der Waals surface area contributed by atoms with Gasteiger partial charge in [-0.2, -0.15) is 11.3 Å². The fourth-order valence-electron chi connectivity index (χ4n) is 4.23. The van der Waals surface area contributed by atoms with Gasteiger partial charge in [-0.15, -0.1) is 0 Å². The Labute approximate surface area is 153 Å². The van der Waals surface area contributed by atoms with Crippen molar-refractivity contribution in [2.45, 2.75) is 39.2 Å². The summed E-state index contributed by atoms with van der Waals surface area (Å²) in [5, 5.41) is 3.94. The van der Waals surface area contributed by atoms with Crippen LogP contribution in [-0.2, 0) is 6.54 Å². The summed E-state index contributed by atoms with van der Waals surface area (Å²) in [6.45, 7) is 7.02. The van der Waals surface area contributed by atoms with Crippen molar-refractivity contribution in [2.75, 3.05) is 26.2 Å². The number of nitrogens with zero attached hydrogens (tertiary/aromatic N) is 2. The van der Waals surface area contributed by atoms with E-state index in [0.717, 1.165) is 62.6 Å². The number of amides is 1. The van der Waals surface area contributed by atoms with Crippen molar-refractivity contribution in [1.29, 1.82) is 0 Å². The summed E-state index contributed by atoms with van der Waals surface area (Å²) < 4.78 is 5.71. The molecule has 4 heterocycles. The first kappa shape index (κ1) is 16.9. The largest absolute Gasteiger partial charge is 0.465 e. The molecule has 0 radical (unpaired) electrons. The summed E-state index contributed by atoms with van der Waals surface area (Å²) in [5.74, 6) is 2.28. The average molecular weight is 359 g/mol. The Kier molecular flexibility index (Phi) is 4.69. The summed E-state index contributed by atoms with van der Waals surface area (Å²) in [7, 11) is 0. The van der Waals surface area contributed by atoms with Crippen LogP contribution in [0.25, 0.3) is 0 Å². The molecule has 0 aliphatic carbocycles. The van der Waals surface area contributed by atoms with Crippen LogP contribution in [-0.4, -0.2) is 41.9 Å². The van der Waals surface area contributed by atoms with Crippen LogP contribution < -0.4 is 0 Å². The highest BCUT2D eigenvalue weighted by Gasteiger charge is 2.38. The monoisotopic (exact) mass is 358 g/mol. The molecule has 2 aromatic heterocycles. The molecule has 0 bridgehead atoms. The zero-order chi connectivity index (χ0) is 17.3. The van der Waals surface area contributed by atoms with Gasteiger partial charge in [0.1, 0.15) is 11.5 Å². The Morgan fingerprint density at radius 3 is 2.44 bits per heavy atom. The third-order valence-electron chi connectivity index (χ3n) is 5.97. The molecule has 1 spiro atoms. The van der Waals surface area contributed by atoms with Gasteiger partial charge in [0.15, 0.2) is 0 Å². The van der Waals surface area contributed by atoms with Gasteiger partial charge in [-0.3, -0.25) is 9.69 Å². The lowest BCUT2D eigenvalue weighted by Gasteiger charge is -2.46. The van der Waals surface area contributed by atoms with Gasteiger partial charge in [-0.1, -0.05) is 0 Å². The SMILES string of the molecule is Cc1ccc(CN2CCC3(CC2)CCN(C(=O)c2ccsc2)CC3)o1. The summed E-state index contributed by atoms with van der Waals surface area (Å²) in [4.78, 5) is 17.1. The zero-order valence-electron chi connectivity index (χ0n) is 14.9. The van der Waals surface area contributed by atoms with E-state index in [1.807, 2.05) is 34.7 Å². The highest BCUT2D eigenvalue weighted by molar-refractivity contribution is 7.08. The molecule has 2 fully saturated rings. The first-order valence-electron chi connectivity index (χ1n) is 9.23. The van der Waals surface area contributed by atoms with Crippen LogP contribution in [0.1, 0.15) is 47.6 Å². The molecule has 0 N–H and O–H groups in total. The van der Waals surface area contributed by atoms with E-state index in [2.05, 4.69) is 11.0 Å². The highest BCUT2D eigenvalue weighted by Crippen LogP contribution is 2.41. The smallest absolute Gasteiger partial charge is 0.254 e. The summed E-state index contributed by atoms with van der Waals surface area (Å²) in [6, 6.07) is 6.07. The van der Waals surface area contributed by atoms with Gasteiger partial charge in [0.05, 0.1) is 12.1 Å². The van der Waals surface area contributed by atoms with Crippen LogP contribution in [0.4, 0.5) is 0 Å². The van der Waals surface area contributed by atoms with Crippen LogP contribution in [0.2, 0.25) is 0 Å². The Bertz CT molecular complexity index is 704. The number of carbonyl (C=O) groups excluding carboxylic acids is 1. The molecule has 0 aromatic carbocycles. The molecule has 1 amide bonds. The van der Waals surface area contributed by atoms with Crippen LogP contribution in [0.15, 0.2) is 33.4 Å². The molecule has 0 atom stereocenters. The number of furan rings is 1. The highest BCUT2D eigenvalue weighted by atomic mass is 32.1. The molecule has 134 valence electrons. The fraction of sp³-hybridized carbons (Fsp3) is 0.550. The molecular weight excluding hydrogens is 332 g/mol. The molecule has 2 aromatic rings. The first-order valence-corrected chi connectivity index (χ1v) is 10.2. The predicted octanol–water partition coefficient (Wildman–Crippen LogP) is 4.17. The van der Waals surface area contributed by atoms with Crippen molar-refractivity contribution < 1.29 is 9.21 Å². The number of hydrogen-bond donors (Lipinski definition) is 0. The molecule has 0 unspecified atom stereocenters. The van der Waals surface area contributed by atoms with Crippen LogP contribution in [0.5, 0.6) is 0 Å². The van der Waals surface area contributed by atoms with Gasteiger partial charge in [0.25, 0.3) is 5.91 Å². The molecule has 2 aliphatic heterocycles. The minimum atomic E-state index is 0.210. The number of aryl methyl sites for hydroxylation is 1. The molecule has 25 heavy (non-hydrogen) atoms. The van der Waals surface area contributed by atoms with Crippen molar-refractivity contribution >= 4 is 17.2 Å². The second-order valence-corrected chi connectivity index (χ2v) is 8.37. The van der Waals surface area contributed by atoms with E-state index in [0.29, 0.717) is 5.41 Å². The van der Waals surface area contributed by atoms with E-state index in [1.165, 1.54) is 12.8 Å². The summed E-state index contributed by atoms with van der Waals surface area (Å²) >= 11 is 1.60. The van der Waals surface area contributed by atoms with E-state index >= 15 is 0 Å². The van der Waals surface area contributed by atoms with Gasteiger partial charge < -0.3 is 9.32 Å². The van der Waals surface area contributed by atoms with Crippen molar-refractivity contribution in [3.8, 4) is 0 Å². The van der Waals surface area contributed by atoms with E-state index < -0.39 is 0 Å². The van der Waals surface area contributed by atoms with Crippen molar-refractivity contribution in [3.05, 3.63) is 46.0 Å². The van der Waals surface area contributed by atoms with Gasteiger partial charge in [0.2, 0.25) is 0 Å². The van der Waals surface area contributed by atoms with Crippen LogP contribution >= 0.6 is 11.3 Å². The lowest BCUT2D eigenvalue weighted by molar-refractivity contribution is 0.0271. The summed E-state index contributed by atoms with van der Waals surface area (Å²) in [6.07, 6.45) is 4.79. The van der Waals surface area contributed by atoms with E-state index in [9.17, 15) is 4.79 Å². The minimum absolute atomic E-state index is 0.210. The number of likely N-dealkylation sites (tertiary alicyclic amines) is 2. The maximum Gasteiger partial charge on any atom is 0.254 e. The Morgan fingerprint density at radius 1 is 1.12 bits per heavy atom. The Hall–Kier alpha value is -1.59. The Morgan fingerprint density at radius 2 is 1.84 bits per heavy atom. The normalized spacial score (nSPS) is 20.9. The maximum absolute atomic E-state index is 12.5. The number of thiophene rings is 1. The van der Waals surface area contributed by atoms with Crippen LogP contribution in [0.3, 0.4) is 0 Å². The van der Waals surface area contributed by atoms with Gasteiger partial charge in [-0.25, -0.2) is 0 Å². The topological polar surface area (TPSA) is 36.7 Å². The number of carbonyl (C=O) groups is 1. The van der Waals surface area contributed by atoms with Crippen molar-refractivity contribution in [3.63, 3.8) is 0 Å². The quantitative estimate of drug-likeness (QED) is 0.826. The average Bonchev–Trinajstić information content (AvgIpc) is 3.29. The van der Waals surface area contributed by atoms with E-state index in [-0.39, 0.29) is 5.91 Å². The molecule has 5 heteroatoms. The molecule has 0 saturated carbocycles. The van der Waals surface area contributed by atoms with Gasteiger partial charge in [0, 0.05) is 18.5 Å². The lowest BCUT2D eigenvalue weighted by atomic mass is 9.71. The number of hydrogen-bond acceptors (Lipinski definition) is 4. The van der Waals surface area contributed by atoms with Gasteiger partial charge in [-0.05, 0) is 74.7 Å². The molecule has 4 nitrogen and oxygen atoms in total.